The molecule has 0 spiro atoms. The molecule has 3 aromatic rings. The van der Waals surface area contributed by atoms with Crippen LogP contribution < -0.4 is 10.1 Å². The molecular formula is C17H16N4O2S2. The maximum atomic E-state index is 12.2. The minimum Gasteiger partial charge on any atom is -0.437 e. The smallest absolute Gasteiger partial charge is 0.271 e. The van der Waals surface area contributed by atoms with Crippen LogP contribution in [0.4, 0.5) is 0 Å². The molecule has 3 aromatic heterocycles. The minimum absolute atomic E-state index is 0.219. The van der Waals surface area contributed by atoms with Gasteiger partial charge in [-0.05, 0) is 31.4 Å². The van der Waals surface area contributed by atoms with Gasteiger partial charge in [-0.1, -0.05) is 17.8 Å². The Balaban J connectivity index is 1.68. The van der Waals surface area contributed by atoms with Crippen LogP contribution >= 0.6 is 23.1 Å². The Kier molecular flexibility index (Phi) is 5.62. The molecule has 25 heavy (non-hydrogen) atoms. The largest absolute Gasteiger partial charge is 0.437 e. The molecule has 0 radical (unpaired) electrons. The van der Waals surface area contributed by atoms with Gasteiger partial charge < -0.3 is 10.1 Å². The third kappa shape index (κ3) is 4.55. The van der Waals surface area contributed by atoms with E-state index in [1.54, 1.807) is 23.8 Å². The van der Waals surface area contributed by atoms with E-state index < -0.39 is 0 Å². The molecule has 3 rings (SSSR count). The number of nitrogens with zero attached hydrogens (tertiary/aromatic N) is 3. The molecule has 8 heteroatoms. The average molecular weight is 372 g/mol. The van der Waals surface area contributed by atoms with Crippen LogP contribution in [-0.4, -0.2) is 27.1 Å². The molecule has 0 aliphatic heterocycles. The summed E-state index contributed by atoms with van der Waals surface area (Å²) in [6.45, 7) is 2.21. The number of hydrogen-bond donors (Lipinski definition) is 1. The van der Waals surface area contributed by atoms with E-state index in [0.717, 1.165) is 15.6 Å². The van der Waals surface area contributed by atoms with Crippen molar-refractivity contribution < 1.29 is 9.53 Å². The van der Waals surface area contributed by atoms with Gasteiger partial charge in [0.1, 0.15) is 15.8 Å². The van der Waals surface area contributed by atoms with Gasteiger partial charge in [0.05, 0.1) is 6.20 Å². The summed E-state index contributed by atoms with van der Waals surface area (Å²) in [6.07, 6.45) is 5.22. The quantitative estimate of drug-likeness (QED) is 0.665. The molecular weight excluding hydrogens is 356 g/mol. The monoisotopic (exact) mass is 372 g/mol. The molecule has 3 heterocycles. The molecule has 0 unspecified atom stereocenters. The molecule has 128 valence electrons. The third-order valence-electron chi connectivity index (χ3n) is 3.28. The van der Waals surface area contributed by atoms with Gasteiger partial charge in [0.2, 0.25) is 5.88 Å². The summed E-state index contributed by atoms with van der Waals surface area (Å²) in [4.78, 5) is 24.9. The fourth-order valence-electron chi connectivity index (χ4n) is 2.00. The van der Waals surface area contributed by atoms with Gasteiger partial charge in [0, 0.05) is 29.4 Å². The first-order valence-corrected chi connectivity index (χ1v) is 9.58. The van der Waals surface area contributed by atoms with Crippen molar-refractivity contribution in [3.05, 3.63) is 59.0 Å². The molecule has 0 atom stereocenters. The zero-order valence-electron chi connectivity index (χ0n) is 13.7. The van der Waals surface area contributed by atoms with Crippen molar-refractivity contribution in [1.82, 2.24) is 20.3 Å². The Labute approximate surface area is 153 Å². The van der Waals surface area contributed by atoms with Crippen LogP contribution in [0.15, 0.2) is 46.4 Å². The molecule has 0 bridgehead atoms. The lowest BCUT2D eigenvalue weighted by Gasteiger charge is -2.10. The number of carbonyl (C=O) groups is 1. The minimum atomic E-state index is -0.219. The maximum absolute atomic E-state index is 12.2. The molecule has 0 fully saturated rings. The molecule has 1 amide bonds. The van der Waals surface area contributed by atoms with Crippen molar-refractivity contribution in [3.8, 4) is 11.6 Å². The molecule has 0 aliphatic carbocycles. The topological polar surface area (TPSA) is 77.0 Å². The Bertz CT molecular complexity index is 865. The van der Waals surface area contributed by atoms with Gasteiger partial charge in [0.15, 0.2) is 0 Å². The van der Waals surface area contributed by atoms with Crippen LogP contribution in [0, 0.1) is 6.92 Å². The highest BCUT2D eigenvalue weighted by atomic mass is 32.2. The van der Waals surface area contributed by atoms with E-state index in [0.29, 0.717) is 23.9 Å². The van der Waals surface area contributed by atoms with Crippen LogP contribution in [0.1, 0.15) is 21.7 Å². The molecule has 6 nitrogen and oxygen atoms in total. The number of thiazole rings is 1. The lowest BCUT2D eigenvalue weighted by Crippen LogP contribution is -2.23. The zero-order valence-corrected chi connectivity index (χ0v) is 15.4. The van der Waals surface area contributed by atoms with Gasteiger partial charge >= 0.3 is 0 Å². The second-order valence-corrected chi connectivity index (χ2v) is 7.00. The van der Waals surface area contributed by atoms with Gasteiger partial charge in [0.25, 0.3) is 5.91 Å². The highest BCUT2D eigenvalue weighted by Crippen LogP contribution is 2.23. The van der Waals surface area contributed by atoms with Crippen molar-refractivity contribution in [2.45, 2.75) is 17.8 Å². The number of aromatic nitrogens is 3. The van der Waals surface area contributed by atoms with E-state index in [-0.39, 0.29) is 5.91 Å². The summed E-state index contributed by atoms with van der Waals surface area (Å²) < 4.78 is 6.65. The normalized spacial score (nSPS) is 10.5. The van der Waals surface area contributed by atoms with Crippen molar-refractivity contribution in [1.29, 1.82) is 0 Å². The lowest BCUT2D eigenvalue weighted by molar-refractivity contribution is 0.0946. The Morgan fingerprint density at radius 3 is 2.92 bits per heavy atom. The fraction of sp³-hybridized carbons (Fsp3) is 0.176. The number of hydrogen-bond acceptors (Lipinski definition) is 7. The summed E-state index contributed by atoms with van der Waals surface area (Å²) in [5.74, 6) is 0.820. The van der Waals surface area contributed by atoms with Crippen LogP contribution in [-0.2, 0) is 6.54 Å². The Morgan fingerprint density at radius 1 is 1.32 bits per heavy atom. The van der Waals surface area contributed by atoms with E-state index in [4.69, 9.17) is 4.74 Å². The predicted molar refractivity (Wildman–Crippen MR) is 98.4 cm³/mol. The number of ether oxygens (including phenoxy) is 1. The average Bonchev–Trinajstić information content (AvgIpc) is 3.12. The molecule has 0 saturated carbocycles. The lowest BCUT2D eigenvalue weighted by atomic mass is 10.2. The van der Waals surface area contributed by atoms with Crippen LogP contribution in [0.25, 0.3) is 0 Å². The van der Waals surface area contributed by atoms with Crippen LogP contribution in [0.5, 0.6) is 11.6 Å². The third-order valence-corrected chi connectivity index (χ3v) is 5.14. The highest BCUT2D eigenvalue weighted by molar-refractivity contribution is 8.00. The van der Waals surface area contributed by atoms with E-state index in [9.17, 15) is 4.79 Å². The van der Waals surface area contributed by atoms with E-state index in [2.05, 4.69) is 20.3 Å². The molecule has 1 N–H and O–H groups in total. The summed E-state index contributed by atoms with van der Waals surface area (Å²) in [5, 5.41) is 4.60. The SMILES string of the molecule is CSc1nc(C(=O)NCc2cccnc2Oc2ccc(C)nc2)cs1. The van der Waals surface area contributed by atoms with Crippen molar-refractivity contribution in [2.75, 3.05) is 6.26 Å². The maximum Gasteiger partial charge on any atom is 0.271 e. The molecule has 0 aromatic carbocycles. The standard InChI is InChI=1S/C17H16N4O2S2/c1-11-5-6-13(9-19-11)23-16-12(4-3-7-18-16)8-20-15(22)14-10-25-17(21-14)24-2/h3-7,9-10H,8H2,1-2H3,(H,20,22). The zero-order chi connectivity index (χ0) is 17.6. The second-order valence-electron chi connectivity index (χ2n) is 5.09. The Hall–Kier alpha value is -2.45. The number of amides is 1. The molecule has 0 saturated heterocycles. The second kappa shape index (κ2) is 8.09. The highest BCUT2D eigenvalue weighted by Gasteiger charge is 2.12. The Morgan fingerprint density at radius 2 is 2.20 bits per heavy atom. The first-order chi connectivity index (χ1) is 12.2. The van der Waals surface area contributed by atoms with Crippen molar-refractivity contribution in [2.24, 2.45) is 0 Å². The van der Waals surface area contributed by atoms with Gasteiger partial charge in [-0.2, -0.15) is 0 Å². The summed E-state index contributed by atoms with van der Waals surface area (Å²) >= 11 is 2.97. The number of pyridine rings is 2. The fourth-order valence-corrected chi connectivity index (χ4v) is 3.24. The summed E-state index contributed by atoms with van der Waals surface area (Å²) in [5.41, 5.74) is 2.11. The first-order valence-electron chi connectivity index (χ1n) is 7.48. The van der Waals surface area contributed by atoms with Crippen LogP contribution in [0.3, 0.4) is 0 Å². The van der Waals surface area contributed by atoms with Crippen LogP contribution in [0.2, 0.25) is 0 Å². The van der Waals surface area contributed by atoms with Gasteiger partial charge in [-0.25, -0.2) is 9.97 Å². The summed E-state index contributed by atoms with van der Waals surface area (Å²) in [7, 11) is 0. The summed E-state index contributed by atoms with van der Waals surface area (Å²) in [6, 6.07) is 7.36. The van der Waals surface area contributed by atoms with E-state index in [1.807, 2.05) is 31.4 Å². The number of aryl methyl sites for hydroxylation is 1. The van der Waals surface area contributed by atoms with E-state index in [1.165, 1.54) is 23.1 Å². The first kappa shape index (κ1) is 17.4. The van der Waals surface area contributed by atoms with Gasteiger partial charge in [-0.3, -0.25) is 9.78 Å². The van der Waals surface area contributed by atoms with Crippen molar-refractivity contribution >= 4 is 29.0 Å². The molecule has 0 aliphatic rings. The van der Waals surface area contributed by atoms with Crippen molar-refractivity contribution in [3.63, 3.8) is 0 Å². The number of rotatable bonds is 6. The number of carbonyl (C=O) groups excluding carboxylic acids is 1. The predicted octanol–water partition coefficient (Wildman–Crippen LogP) is 3.69. The van der Waals surface area contributed by atoms with Gasteiger partial charge in [-0.15, -0.1) is 11.3 Å². The number of nitrogens with one attached hydrogen (secondary N) is 1. The number of thioether (sulfide) groups is 1. The van der Waals surface area contributed by atoms with E-state index >= 15 is 0 Å².